The van der Waals surface area contributed by atoms with Gasteiger partial charge in [-0.1, -0.05) is 19.0 Å². The average molecular weight is 246 g/mol. The van der Waals surface area contributed by atoms with Crippen LogP contribution in [0.1, 0.15) is 30.0 Å². The molecule has 0 unspecified atom stereocenters. The van der Waals surface area contributed by atoms with E-state index in [4.69, 9.17) is 9.63 Å². The van der Waals surface area contributed by atoms with Gasteiger partial charge in [-0.25, -0.2) is 4.79 Å². The quantitative estimate of drug-likeness (QED) is 0.897. The Kier molecular flexibility index (Phi) is 3.41. The van der Waals surface area contributed by atoms with Crippen molar-refractivity contribution in [1.29, 1.82) is 0 Å². The lowest BCUT2D eigenvalue weighted by atomic mass is 10.1. The maximum Gasteiger partial charge on any atom is 0.335 e. The average Bonchev–Trinajstić information content (AvgIpc) is 2.76. The van der Waals surface area contributed by atoms with Crippen LogP contribution < -0.4 is 0 Å². The van der Waals surface area contributed by atoms with Gasteiger partial charge in [0, 0.05) is 12.0 Å². The zero-order valence-electron chi connectivity index (χ0n) is 10.3. The summed E-state index contributed by atoms with van der Waals surface area (Å²) >= 11 is 0. The second-order valence-electron chi connectivity index (χ2n) is 4.50. The van der Waals surface area contributed by atoms with Gasteiger partial charge in [-0.15, -0.1) is 0 Å². The Morgan fingerprint density at radius 1 is 1.33 bits per heavy atom. The third kappa shape index (κ3) is 2.74. The van der Waals surface area contributed by atoms with Crippen molar-refractivity contribution in [1.82, 2.24) is 10.1 Å². The Balaban J connectivity index is 2.20. The second kappa shape index (κ2) is 5.00. The number of nitrogens with zero attached hydrogens (tertiary/aromatic N) is 2. The largest absolute Gasteiger partial charge is 0.478 e. The molecule has 0 radical (unpaired) electrons. The van der Waals surface area contributed by atoms with Crippen molar-refractivity contribution < 1.29 is 14.4 Å². The van der Waals surface area contributed by atoms with Crippen LogP contribution in [0.3, 0.4) is 0 Å². The molecule has 0 amide bonds. The Morgan fingerprint density at radius 3 is 2.56 bits per heavy atom. The van der Waals surface area contributed by atoms with Gasteiger partial charge in [-0.3, -0.25) is 0 Å². The van der Waals surface area contributed by atoms with Crippen molar-refractivity contribution in [2.75, 3.05) is 0 Å². The highest BCUT2D eigenvalue weighted by Crippen LogP contribution is 2.18. The highest BCUT2D eigenvalue weighted by atomic mass is 16.5. The predicted octanol–water partition coefficient (Wildman–Crippen LogP) is 2.63. The maximum atomic E-state index is 10.7. The lowest BCUT2D eigenvalue weighted by Gasteiger charge is -1.97. The smallest absolute Gasteiger partial charge is 0.335 e. The molecule has 2 aromatic rings. The normalized spacial score (nSPS) is 10.8. The molecule has 0 atom stereocenters. The van der Waals surface area contributed by atoms with E-state index >= 15 is 0 Å². The van der Waals surface area contributed by atoms with Crippen LogP contribution in [0, 0.1) is 5.92 Å². The van der Waals surface area contributed by atoms with Gasteiger partial charge in [0.1, 0.15) is 0 Å². The van der Waals surface area contributed by atoms with Crippen LogP contribution in [0.25, 0.3) is 11.5 Å². The molecule has 5 heteroatoms. The number of hydrogen-bond acceptors (Lipinski definition) is 4. The molecule has 0 bridgehead atoms. The van der Waals surface area contributed by atoms with Gasteiger partial charge < -0.3 is 9.63 Å². The molecule has 0 spiro atoms. The summed E-state index contributed by atoms with van der Waals surface area (Å²) in [5.74, 6) is 0.599. The number of aromatic nitrogens is 2. The van der Waals surface area contributed by atoms with Gasteiger partial charge in [0.2, 0.25) is 0 Å². The van der Waals surface area contributed by atoms with Gasteiger partial charge in [0.15, 0.2) is 5.82 Å². The highest BCUT2D eigenvalue weighted by molar-refractivity contribution is 5.88. The molecule has 0 aliphatic heterocycles. The molecule has 0 aliphatic rings. The summed E-state index contributed by atoms with van der Waals surface area (Å²) in [6.07, 6.45) is 0.761. The van der Waals surface area contributed by atoms with Crippen LogP contribution in [-0.2, 0) is 6.42 Å². The molecule has 94 valence electrons. The molecule has 2 rings (SSSR count). The van der Waals surface area contributed by atoms with E-state index < -0.39 is 5.97 Å². The van der Waals surface area contributed by atoms with Gasteiger partial charge in [0.05, 0.1) is 5.56 Å². The van der Waals surface area contributed by atoms with Crippen molar-refractivity contribution in [2.24, 2.45) is 5.92 Å². The van der Waals surface area contributed by atoms with Crippen LogP contribution in [0.2, 0.25) is 0 Å². The van der Waals surface area contributed by atoms with E-state index in [2.05, 4.69) is 24.0 Å². The molecule has 1 N–H and O–H groups in total. The Labute approximate surface area is 104 Å². The molecule has 5 nitrogen and oxygen atoms in total. The van der Waals surface area contributed by atoms with E-state index in [-0.39, 0.29) is 5.56 Å². The molecule has 1 aromatic heterocycles. The summed E-state index contributed by atoms with van der Waals surface area (Å²) in [5.41, 5.74) is 0.961. The van der Waals surface area contributed by atoms with E-state index in [0.29, 0.717) is 17.6 Å². The standard InChI is InChI=1S/C13H14N2O3/c1-8(2)7-11-14-12(18-15-11)9-3-5-10(6-4-9)13(16)17/h3-6,8H,7H2,1-2H3,(H,16,17). The van der Waals surface area contributed by atoms with E-state index in [0.717, 1.165) is 12.0 Å². The van der Waals surface area contributed by atoms with E-state index in [1.165, 1.54) is 12.1 Å². The monoisotopic (exact) mass is 246 g/mol. The Hall–Kier alpha value is -2.17. The lowest BCUT2D eigenvalue weighted by molar-refractivity contribution is 0.0697. The molecule has 18 heavy (non-hydrogen) atoms. The Morgan fingerprint density at radius 2 is 2.00 bits per heavy atom. The lowest BCUT2D eigenvalue weighted by Crippen LogP contribution is -1.96. The maximum absolute atomic E-state index is 10.7. The summed E-state index contributed by atoms with van der Waals surface area (Å²) in [4.78, 5) is 15.0. The van der Waals surface area contributed by atoms with Gasteiger partial charge in [0.25, 0.3) is 5.89 Å². The van der Waals surface area contributed by atoms with Crippen molar-refractivity contribution >= 4 is 5.97 Å². The first-order valence-corrected chi connectivity index (χ1v) is 5.72. The minimum absolute atomic E-state index is 0.237. The first-order chi connectivity index (χ1) is 8.56. The van der Waals surface area contributed by atoms with Crippen molar-refractivity contribution in [3.05, 3.63) is 35.7 Å². The SMILES string of the molecule is CC(C)Cc1noc(-c2ccc(C(=O)O)cc2)n1. The molecule has 0 saturated carbocycles. The first kappa shape index (κ1) is 12.3. The molecule has 0 saturated heterocycles. The fourth-order valence-electron chi connectivity index (χ4n) is 1.57. The minimum atomic E-state index is -0.951. The van der Waals surface area contributed by atoms with Gasteiger partial charge >= 0.3 is 5.97 Å². The van der Waals surface area contributed by atoms with Crippen LogP contribution >= 0.6 is 0 Å². The minimum Gasteiger partial charge on any atom is -0.478 e. The Bertz CT molecular complexity index is 544. The first-order valence-electron chi connectivity index (χ1n) is 5.72. The predicted molar refractivity (Wildman–Crippen MR) is 65.2 cm³/mol. The van der Waals surface area contributed by atoms with E-state index in [1.54, 1.807) is 12.1 Å². The van der Waals surface area contributed by atoms with Gasteiger partial charge in [-0.05, 0) is 30.2 Å². The third-order valence-corrected chi connectivity index (χ3v) is 2.44. The van der Waals surface area contributed by atoms with Crippen molar-refractivity contribution in [3.63, 3.8) is 0 Å². The highest BCUT2D eigenvalue weighted by Gasteiger charge is 2.10. The second-order valence-corrected chi connectivity index (χ2v) is 4.50. The number of rotatable bonds is 4. The topological polar surface area (TPSA) is 76.2 Å². The molecular weight excluding hydrogens is 232 g/mol. The molecular formula is C13H14N2O3. The molecule has 0 aliphatic carbocycles. The van der Waals surface area contributed by atoms with Gasteiger partial charge in [-0.2, -0.15) is 4.98 Å². The van der Waals surface area contributed by atoms with E-state index in [1.807, 2.05) is 0 Å². The molecule has 0 fully saturated rings. The number of hydrogen-bond donors (Lipinski definition) is 1. The fraction of sp³-hybridized carbons (Fsp3) is 0.308. The van der Waals surface area contributed by atoms with Crippen molar-refractivity contribution in [3.8, 4) is 11.5 Å². The summed E-state index contributed by atoms with van der Waals surface area (Å²) < 4.78 is 5.14. The van der Waals surface area contributed by atoms with Crippen LogP contribution in [0.15, 0.2) is 28.8 Å². The van der Waals surface area contributed by atoms with Crippen LogP contribution in [0.5, 0.6) is 0 Å². The number of carboxylic acid groups (broad SMARTS) is 1. The number of benzene rings is 1. The number of aromatic carboxylic acids is 1. The third-order valence-electron chi connectivity index (χ3n) is 2.44. The summed E-state index contributed by atoms with van der Waals surface area (Å²) in [5, 5.41) is 12.7. The summed E-state index contributed by atoms with van der Waals surface area (Å²) in [6, 6.07) is 6.36. The molecule has 1 aromatic carbocycles. The van der Waals surface area contributed by atoms with E-state index in [9.17, 15) is 4.79 Å². The summed E-state index contributed by atoms with van der Waals surface area (Å²) in [6.45, 7) is 4.16. The summed E-state index contributed by atoms with van der Waals surface area (Å²) in [7, 11) is 0. The number of carbonyl (C=O) groups is 1. The zero-order valence-corrected chi connectivity index (χ0v) is 10.3. The van der Waals surface area contributed by atoms with Crippen LogP contribution in [0.4, 0.5) is 0 Å². The van der Waals surface area contributed by atoms with Crippen molar-refractivity contribution in [2.45, 2.75) is 20.3 Å². The molecule has 1 heterocycles. The number of carboxylic acids is 1. The fourth-order valence-corrected chi connectivity index (χ4v) is 1.57. The van der Waals surface area contributed by atoms with Crippen LogP contribution in [-0.4, -0.2) is 21.2 Å². The zero-order chi connectivity index (χ0) is 13.1.